The van der Waals surface area contributed by atoms with E-state index in [0.29, 0.717) is 23.9 Å². The fourth-order valence-electron chi connectivity index (χ4n) is 2.61. The first kappa shape index (κ1) is 16.5. The van der Waals surface area contributed by atoms with Gasteiger partial charge in [-0.25, -0.2) is 0 Å². The SMILES string of the molecule is CCOC(=O)[C@@H]1CCCN(C(=S)c2ccc(O)c(OC)c2)C1. The molecule has 22 heavy (non-hydrogen) atoms. The number of likely N-dealkylation sites (tertiary alicyclic amines) is 1. The quantitative estimate of drug-likeness (QED) is 0.678. The lowest BCUT2D eigenvalue weighted by atomic mass is 9.97. The predicted octanol–water partition coefficient (Wildman–Crippen LogP) is 2.35. The van der Waals surface area contributed by atoms with Crippen LogP contribution in [0.15, 0.2) is 18.2 Å². The second-order valence-corrected chi connectivity index (χ2v) is 5.62. The van der Waals surface area contributed by atoms with Gasteiger partial charge in [0.1, 0.15) is 4.99 Å². The van der Waals surface area contributed by atoms with E-state index in [1.165, 1.54) is 7.11 Å². The fraction of sp³-hybridized carbons (Fsp3) is 0.500. The van der Waals surface area contributed by atoms with Crippen molar-refractivity contribution in [3.05, 3.63) is 23.8 Å². The molecule has 1 heterocycles. The van der Waals surface area contributed by atoms with E-state index in [1.54, 1.807) is 18.2 Å². The van der Waals surface area contributed by atoms with Crippen molar-refractivity contribution in [2.45, 2.75) is 19.8 Å². The third kappa shape index (κ3) is 3.68. The second kappa shape index (κ2) is 7.45. The largest absolute Gasteiger partial charge is 0.504 e. The van der Waals surface area contributed by atoms with Gasteiger partial charge in [0.25, 0.3) is 0 Å². The zero-order valence-electron chi connectivity index (χ0n) is 12.9. The molecule has 2 rings (SSSR count). The molecule has 1 fully saturated rings. The average Bonchev–Trinajstić information content (AvgIpc) is 2.55. The molecule has 6 heteroatoms. The van der Waals surface area contributed by atoms with Crippen LogP contribution in [-0.2, 0) is 9.53 Å². The Labute approximate surface area is 135 Å². The number of piperidine rings is 1. The number of methoxy groups -OCH3 is 1. The van der Waals surface area contributed by atoms with Gasteiger partial charge in [0.2, 0.25) is 0 Å². The van der Waals surface area contributed by atoms with Crippen LogP contribution >= 0.6 is 12.2 Å². The number of carbonyl (C=O) groups excluding carboxylic acids is 1. The van der Waals surface area contributed by atoms with E-state index < -0.39 is 0 Å². The zero-order valence-corrected chi connectivity index (χ0v) is 13.7. The third-order valence-corrected chi connectivity index (χ3v) is 4.25. The summed E-state index contributed by atoms with van der Waals surface area (Å²) in [6, 6.07) is 5.03. The number of rotatable bonds is 4. The topological polar surface area (TPSA) is 59.0 Å². The Balaban J connectivity index is 2.10. The van der Waals surface area contributed by atoms with Crippen LogP contribution in [0.3, 0.4) is 0 Å². The Bertz CT molecular complexity index is 561. The molecule has 0 bridgehead atoms. The van der Waals surface area contributed by atoms with E-state index in [0.717, 1.165) is 24.9 Å². The Morgan fingerprint density at radius 2 is 2.27 bits per heavy atom. The molecule has 120 valence electrons. The number of hydrogen-bond donors (Lipinski definition) is 1. The van der Waals surface area contributed by atoms with E-state index in [-0.39, 0.29) is 17.6 Å². The van der Waals surface area contributed by atoms with Crippen LogP contribution < -0.4 is 4.74 Å². The van der Waals surface area contributed by atoms with Crippen molar-refractivity contribution in [3.8, 4) is 11.5 Å². The number of carbonyl (C=O) groups is 1. The van der Waals surface area contributed by atoms with Gasteiger partial charge in [-0.15, -0.1) is 0 Å². The molecule has 0 unspecified atom stereocenters. The van der Waals surface area contributed by atoms with Gasteiger partial charge in [0.15, 0.2) is 11.5 Å². The van der Waals surface area contributed by atoms with E-state index in [9.17, 15) is 9.90 Å². The van der Waals surface area contributed by atoms with Crippen LogP contribution in [0.2, 0.25) is 0 Å². The lowest BCUT2D eigenvalue weighted by molar-refractivity contribution is -0.149. The zero-order chi connectivity index (χ0) is 16.1. The monoisotopic (exact) mass is 323 g/mol. The number of phenols is 1. The molecule has 1 saturated heterocycles. The Morgan fingerprint density at radius 3 is 2.95 bits per heavy atom. The second-order valence-electron chi connectivity index (χ2n) is 5.23. The number of phenolic OH excluding ortho intramolecular Hbond substituents is 1. The number of esters is 1. The van der Waals surface area contributed by atoms with Crippen LogP contribution in [0.4, 0.5) is 0 Å². The van der Waals surface area contributed by atoms with Crippen molar-refractivity contribution >= 4 is 23.2 Å². The number of nitrogens with zero attached hydrogens (tertiary/aromatic N) is 1. The van der Waals surface area contributed by atoms with Gasteiger partial charge in [-0.05, 0) is 38.0 Å². The summed E-state index contributed by atoms with van der Waals surface area (Å²) in [5.74, 6) is 0.180. The lowest BCUT2D eigenvalue weighted by Crippen LogP contribution is -2.42. The lowest BCUT2D eigenvalue weighted by Gasteiger charge is -2.33. The first-order valence-electron chi connectivity index (χ1n) is 7.39. The summed E-state index contributed by atoms with van der Waals surface area (Å²) in [4.78, 5) is 14.6. The van der Waals surface area contributed by atoms with Gasteiger partial charge < -0.3 is 19.5 Å². The number of thiocarbonyl (C=S) groups is 1. The molecule has 1 aromatic rings. The van der Waals surface area contributed by atoms with Crippen molar-refractivity contribution < 1.29 is 19.4 Å². The molecule has 1 atom stereocenters. The maximum Gasteiger partial charge on any atom is 0.310 e. The average molecular weight is 323 g/mol. The van der Waals surface area contributed by atoms with Gasteiger partial charge in [-0.2, -0.15) is 0 Å². The maximum atomic E-state index is 11.9. The van der Waals surface area contributed by atoms with Crippen LogP contribution in [0, 0.1) is 5.92 Å². The van der Waals surface area contributed by atoms with Crippen molar-refractivity contribution in [1.29, 1.82) is 0 Å². The van der Waals surface area contributed by atoms with E-state index in [1.807, 2.05) is 11.8 Å². The van der Waals surface area contributed by atoms with Gasteiger partial charge in [0.05, 0.1) is 19.6 Å². The smallest absolute Gasteiger partial charge is 0.310 e. The highest BCUT2D eigenvalue weighted by Crippen LogP contribution is 2.28. The number of aromatic hydroxyl groups is 1. The number of hydrogen-bond acceptors (Lipinski definition) is 5. The van der Waals surface area contributed by atoms with Gasteiger partial charge >= 0.3 is 5.97 Å². The van der Waals surface area contributed by atoms with Crippen molar-refractivity contribution in [2.24, 2.45) is 5.92 Å². The standard InChI is InChI=1S/C16H21NO4S/c1-3-21-16(19)12-5-4-8-17(10-12)15(22)11-6-7-13(18)14(9-11)20-2/h6-7,9,12,18H,3-5,8,10H2,1-2H3/t12-/m1/s1. The minimum atomic E-state index is -0.154. The van der Waals surface area contributed by atoms with Crippen LogP contribution in [0.1, 0.15) is 25.3 Å². The first-order valence-corrected chi connectivity index (χ1v) is 7.80. The molecular weight excluding hydrogens is 302 g/mol. The maximum absolute atomic E-state index is 11.9. The summed E-state index contributed by atoms with van der Waals surface area (Å²) in [5.41, 5.74) is 0.800. The van der Waals surface area contributed by atoms with Gasteiger partial charge in [0, 0.05) is 18.7 Å². The highest BCUT2D eigenvalue weighted by molar-refractivity contribution is 7.80. The molecule has 1 aromatic carbocycles. The molecule has 1 aliphatic rings. The summed E-state index contributed by atoms with van der Waals surface area (Å²) < 4.78 is 10.2. The highest BCUT2D eigenvalue weighted by atomic mass is 32.1. The number of benzene rings is 1. The Morgan fingerprint density at radius 1 is 1.50 bits per heavy atom. The normalized spacial score (nSPS) is 17.9. The molecule has 0 spiro atoms. The summed E-state index contributed by atoms with van der Waals surface area (Å²) in [6.45, 7) is 3.60. The summed E-state index contributed by atoms with van der Waals surface area (Å²) >= 11 is 5.53. The summed E-state index contributed by atoms with van der Waals surface area (Å²) in [5, 5.41) is 9.66. The molecule has 1 N–H and O–H groups in total. The molecule has 0 radical (unpaired) electrons. The molecule has 0 saturated carbocycles. The molecule has 0 amide bonds. The minimum absolute atomic E-state index is 0.0806. The molecular formula is C16H21NO4S. The van der Waals surface area contributed by atoms with Crippen LogP contribution in [0.5, 0.6) is 11.5 Å². The first-order chi connectivity index (χ1) is 10.6. The van der Waals surface area contributed by atoms with Crippen LogP contribution in [0.25, 0.3) is 0 Å². The van der Waals surface area contributed by atoms with Gasteiger partial charge in [-0.3, -0.25) is 4.79 Å². The van der Waals surface area contributed by atoms with E-state index >= 15 is 0 Å². The van der Waals surface area contributed by atoms with Crippen molar-refractivity contribution in [2.75, 3.05) is 26.8 Å². The van der Waals surface area contributed by atoms with Crippen molar-refractivity contribution in [1.82, 2.24) is 4.90 Å². The molecule has 1 aliphatic heterocycles. The van der Waals surface area contributed by atoms with Gasteiger partial charge in [-0.1, -0.05) is 12.2 Å². The molecule has 0 aromatic heterocycles. The minimum Gasteiger partial charge on any atom is -0.504 e. The predicted molar refractivity (Wildman–Crippen MR) is 87.3 cm³/mol. The van der Waals surface area contributed by atoms with E-state index in [2.05, 4.69) is 0 Å². The molecule has 0 aliphatic carbocycles. The summed E-state index contributed by atoms with van der Waals surface area (Å²) in [7, 11) is 1.50. The number of ether oxygens (including phenoxy) is 2. The summed E-state index contributed by atoms with van der Waals surface area (Å²) in [6.07, 6.45) is 1.73. The third-order valence-electron chi connectivity index (χ3n) is 3.76. The van der Waals surface area contributed by atoms with E-state index in [4.69, 9.17) is 21.7 Å². The Kier molecular flexibility index (Phi) is 5.60. The highest BCUT2D eigenvalue weighted by Gasteiger charge is 2.28. The molecule has 5 nitrogen and oxygen atoms in total. The fourth-order valence-corrected chi connectivity index (χ4v) is 2.90. The Hall–Kier alpha value is -1.82. The van der Waals surface area contributed by atoms with Crippen LogP contribution in [-0.4, -0.2) is 47.8 Å². The van der Waals surface area contributed by atoms with Crippen molar-refractivity contribution in [3.63, 3.8) is 0 Å².